The van der Waals surface area contributed by atoms with Crippen molar-refractivity contribution in [2.24, 2.45) is 17.8 Å². The molecule has 0 radical (unpaired) electrons. The molecule has 1 saturated carbocycles. The van der Waals surface area contributed by atoms with Crippen LogP contribution in [0.2, 0.25) is 0 Å². The molecule has 4 rings (SSSR count). The highest BCUT2D eigenvalue weighted by Crippen LogP contribution is 2.43. The molecule has 0 aromatic heterocycles. The molecule has 2 nitrogen and oxygen atoms in total. The number of benzene rings is 1. The van der Waals surface area contributed by atoms with Gasteiger partial charge in [0, 0.05) is 39.3 Å². The summed E-state index contributed by atoms with van der Waals surface area (Å²) in [5, 5.41) is 0. The van der Waals surface area contributed by atoms with Gasteiger partial charge in [0.25, 0.3) is 0 Å². The quantitative estimate of drug-likeness (QED) is 0.786. The summed E-state index contributed by atoms with van der Waals surface area (Å²) in [7, 11) is 0. The second-order valence-corrected chi connectivity index (χ2v) is 7.61. The first-order chi connectivity index (χ1) is 10.8. The Morgan fingerprint density at radius 1 is 1.00 bits per heavy atom. The lowest BCUT2D eigenvalue weighted by molar-refractivity contribution is 0.108. The summed E-state index contributed by atoms with van der Waals surface area (Å²) < 4.78 is 0. The molecule has 22 heavy (non-hydrogen) atoms. The van der Waals surface area contributed by atoms with Crippen molar-refractivity contribution in [2.75, 3.05) is 32.7 Å². The fraction of sp³-hybridized carbons (Fsp3) is 0.600. The summed E-state index contributed by atoms with van der Waals surface area (Å²) in [6.07, 6.45) is 7.84. The molecule has 1 aromatic carbocycles. The van der Waals surface area contributed by atoms with Gasteiger partial charge in [-0.05, 0) is 43.1 Å². The zero-order chi connectivity index (χ0) is 14.9. The minimum absolute atomic E-state index is 0.898. The van der Waals surface area contributed by atoms with E-state index in [9.17, 15) is 0 Å². The molecule has 1 saturated heterocycles. The number of hydrogen-bond donors (Lipinski definition) is 0. The Balaban J connectivity index is 1.25. The minimum atomic E-state index is 0.898. The third-order valence-electron chi connectivity index (χ3n) is 5.86. The number of aryl methyl sites for hydroxylation is 1. The van der Waals surface area contributed by atoms with Crippen molar-refractivity contribution >= 4 is 0 Å². The van der Waals surface area contributed by atoms with Crippen molar-refractivity contribution in [3.05, 3.63) is 47.5 Å². The number of nitrogens with zero attached hydrogens (tertiary/aromatic N) is 2. The highest BCUT2D eigenvalue weighted by Gasteiger charge is 2.36. The minimum Gasteiger partial charge on any atom is -0.300 e. The number of hydrogen-bond acceptors (Lipinski definition) is 2. The van der Waals surface area contributed by atoms with Crippen molar-refractivity contribution in [1.29, 1.82) is 0 Å². The topological polar surface area (TPSA) is 6.48 Å². The Labute approximate surface area is 134 Å². The Bertz CT molecular complexity index is 542. The van der Waals surface area contributed by atoms with Gasteiger partial charge < -0.3 is 4.90 Å². The SMILES string of the molecule is Cc1cccc(CN2CCN(C[C@@H]3C[C@H]4C=C[C@H]3C4)CC2)c1. The van der Waals surface area contributed by atoms with Crippen LogP contribution >= 0.6 is 0 Å². The van der Waals surface area contributed by atoms with E-state index in [1.54, 1.807) is 0 Å². The first-order valence-corrected chi connectivity index (χ1v) is 8.95. The van der Waals surface area contributed by atoms with Crippen LogP contribution in [0.25, 0.3) is 0 Å². The van der Waals surface area contributed by atoms with E-state index in [0.29, 0.717) is 0 Å². The molecule has 2 heteroatoms. The molecule has 0 N–H and O–H groups in total. The van der Waals surface area contributed by atoms with Crippen LogP contribution in [0.3, 0.4) is 0 Å². The van der Waals surface area contributed by atoms with Crippen LogP contribution in [-0.4, -0.2) is 42.5 Å². The Morgan fingerprint density at radius 2 is 1.82 bits per heavy atom. The van der Waals surface area contributed by atoms with Crippen molar-refractivity contribution in [3.63, 3.8) is 0 Å². The third-order valence-corrected chi connectivity index (χ3v) is 5.86. The van der Waals surface area contributed by atoms with Crippen molar-refractivity contribution in [1.82, 2.24) is 9.80 Å². The summed E-state index contributed by atoms with van der Waals surface area (Å²) in [6.45, 7) is 9.60. The third kappa shape index (κ3) is 3.13. The number of rotatable bonds is 4. The average molecular weight is 296 g/mol. The van der Waals surface area contributed by atoms with E-state index < -0.39 is 0 Å². The molecular weight excluding hydrogens is 268 g/mol. The fourth-order valence-electron chi connectivity index (χ4n) is 4.63. The van der Waals surface area contributed by atoms with E-state index in [1.165, 1.54) is 56.7 Å². The number of allylic oxidation sites excluding steroid dienone is 2. The van der Waals surface area contributed by atoms with Crippen LogP contribution < -0.4 is 0 Å². The van der Waals surface area contributed by atoms with Crippen molar-refractivity contribution in [2.45, 2.75) is 26.3 Å². The molecule has 1 heterocycles. The first kappa shape index (κ1) is 14.5. The normalized spacial score (nSPS) is 32.0. The standard InChI is InChI=1S/C20H28N2/c1-16-3-2-4-18(11-16)14-21-7-9-22(10-8-21)15-20-13-17-5-6-19(20)12-17/h2-6,11,17,19-20H,7-10,12-15H2,1H3/t17-,19-,20-/m0/s1. The lowest BCUT2D eigenvalue weighted by atomic mass is 9.93. The van der Waals surface area contributed by atoms with E-state index in [0.717, 1.165) is 24.3 Å². The molecule has 0 spiro atoms. The first-order valence-electron chi connectivity index (χ1n) is 8.95. The Kier molecular flexibility index (Phi) is 4.06. The Morgan fingerprint density at radius 3 is 2.50 bits per heavy atom. The number of piperazine rings is 1. The second-order valence-electron chi connectivity index (χ2n) is 7.61. The van der Waals surface area contributed by atoms with E-state index >= 15 is 0 Å². The van der Waals surface area contributed by atoms with E-state index in [1.807, 2.05) is 0 Å². The van der Waals surface area contributed by atoms with Crippen LogP contribution in [0.1, 0.15) is 24.0 Å². The van der Waals surface area contributed by atoms with Crippen LogP contribution in [0, 0.1) is 24.7 Å². The van der Waals surface area contributed by atoms with Gasteiger partial charge in [-0.25, -0.2) is 0 Å². The highest BCUT2D eigenvalue weighted by atomic mass is 15.3. The maximum Gasteiger partial charge on any atom is 0.0234 e. The summed E-state index contributed by atoms with van der Waals surface area (Å²) in [4.78, 5) is 5.33. The van der Waals surface area contributed by atoms with Crippen molar-refractivity contribution in [3.8, 4) is 0 Å². The lowest BCUT2D eigenvalue weighted by Gasteiger charge is -2.37. The monoisotopic (exact) mass is 296 g/mol. The molecule has 3 atom stereocenters. The van der Waals surface area contributed by atoms with E-state index in [2.05, 4.69) is 53.1 Å². The maximum absolute atomic E-state index is 2.71. The molecule has 1 aliphatic heterocycles. The van der Waals surface area contributed by atoms with Gasteiger partial charge in [-0.15, -0.1) is 0 Å². The largest absolute Gasteiger partial charge is 0.300 e. The van der Waals surface area contributed by atoms with Gasteiger partial charge in [0.2, 0.25) is 0 Å². The van der Waals surface area contributed by atoms with Gasteiger partial charge in [-0.1, -0.05) is 42.0 Å². The van der Waals surface area contributed by atoms with Gasteiger partial charge >= 0.3 is 0 Å². The maximum atomic E-state index is 2.71. The molecule has 118 valence electrons. The molecule has 3 aliphatic rings. The predicted molar refractivity (Wildman–Crippen MR) is 91.7 cm³/mol. The highest BCUT2D eigenvalue weighted by molar-refractivity contribution is 5.22. The van der Waals surface area contributed by atoms with Gasteiger partial charge in [-0.2, -0.15) is 0 Å². The molecule has 0 amide bonds. The van der Waals surface area contributed by atoms with Crippen LogP contribution in [0.15, 0.2) is 36.4 Å². The molecule has 2 aliphatic carbocycles. The van der Waals surface area contributed by atoms with E-state index in [-0.39, 0.29) is 0 Å². The summed E-state index contributed by atoms with van der Waals surface area (Å²) >= 11 is 0. The van der Waals surface area contributed by atoms with Crippen LogP contribution in [-0.2, 0) is 6.54 Å². The van der Waals surface area contributed by atoms with E-state index in [4.69, 9.17) is 0 Å². The van der Waals surface area contributed by atoms with Crippen molar-refractivity contribution < 1.29 is 0 Å². The van der Waals surface area contributed by atoms with Crippen LogP contribution in [0.5, 0.6) is 0 Å². The number of fused-ring (bicyclic) bond motifs is 2. The molecule has 0 unspecified atom stereocenters. The predicted octanol–water partition coefficient (Wildman–Crippen LogP) is 3.32. The zero-order valence-electron chi connectivity index (χ0n) is 13.7. The fourth-order valence-corrected chi connectivity index (χ4v) is 4.63. The smallest absolute Gasteiger partial charge is 0.0234 e. The average Bonchev–Trinajstić information content (AvgIpc) is 3.12. The summed E-state index contributed by atoms with van der Waals surface area (Å²) in [5.41, 5.74) is 2.84. The molecule has 2 bridgehead atoms. The van der Waals surface area contributed by atoms with Gasteiger partial charge in [0.1, 0.15) is 0 Å². The summed E-state index contributed by atoms with van der Waals surface area (Å²) in [6, 6.07) is 8.96. The van der Waals surface area contributed by atoms with Crippen LogP contribution in [0.4, 0.5) is 0 Å². The second kappa shape index (κ2) is 6.17. The lowest BCUT2D eigenvalue weighted by Crippen LogP contribution is -2.47. The van der Waals surface area contributed by atoms with Gasteiger partial charge in [0.15, 0.2) is 0 Å². The Hall–Kier alpha value is -1.12. The molecule has 2 fully saturated rings. The van der Waals surface area contributed by atoms with Gasteiger partial charge in [0.05, 0.1) is 0 Å². The van der Waals surface area contributed by atoms with Gasteiger partial charge in [-0.3, -0.25) is 4.90 Å². The summed E-state index contributed by atoms with van der Waals surface area (Å²) in [5.74, 6) is 2.76. The molecular formula is C20H28N2. The molecule has 1 aromatic rings. The zero-order valence-corrected chi connectivity index (χ0v) is 13.7.